The number of pyridine rings is 1. The van der Waals surface area contributed by atoms with Gasteiger partial charge in [-0.2, -0.15) is 0 Å². The second kappa shape index (κ2) is 5.12. The van der Waals surface area contributed by atoms with Crippen molar-refractivity contribution in [3.63, 3.8) is 0 Å². The van der Waals surface area contributed by atoms with E-state index in [0.29, 0.717) is 5.56 Å². The summed E-state index contributed by atoms with van der Waals surface area (Å²) in [6, 6.07) is 1.19. The first kappa shape index (κ1) is 13.4. The van der Waals surface area contributed by atoms with Crippen molar-refractivity contribution >= 4 is 29.2 Å². The molecule has 0 N–H and O–H groups in total. The van der Waals surface area contributed by atoms with Gasteiger partial charge in [0.05, 0.1) is 12.4 Å². The van der Waals surface area contributed by atoms with E-state index in [-0.39, 0.29) is 5.15 Å². The summed E-state index contributed by atoms with van der Waals surface area (Å²) in [5, 5.41) is 0.135. The van der Waals surface area contributed by atoms with Crippen molar-refractivity contribution < 1.29 is 8.94 Å². The van der Waals surface area contributed by atoms with Gasteiger partial charge in [-0.25, -0.2) is 9.37 Å². The Labute approximate surface area is 102 Å². The van der Waals surface area contributed by atoms with Gasteiger partial charge in [0.15, 0.2) is 0 Å². The zero-order chi connectivity index (χ0) is 12.3. The van der Waals surface area contributed by atoms with Crippen molar-refractivity contribution in [2.45, 2.75) is 25.5 Å². The zero-order valence-electron chi connectivity index (χ0n) is 9.20. The first-order chi connectivity index (χ1) is 7.30. The summed E-state index contributed by atoms with van der Waals surface area (Å²) in [6.07, 6.45) is 2.29. The standard InChI is InChI=1S/C10H12ClFN2OS/c1-10(2,3)16(15)14-5-7-4-8(12)6-13-9(7)11/h4-6H,1-3H3/b14-5-. The molecule has 0 fully saturated rings. The van der Waals surface area contributed by atoms with Crippen molar-refractivity contribution in [2.75, 3.05) is 0 Å². The van der Waals surface area contributed by atoms with Gasteiger partial charge in [0, 0.05) is 5.56 Å². The van der Waals surface area contributed by atoms with Gasteiger partial charge >= 0.3 is 0 Å². The van der Waals surface area contributed by atoms with Gasteiger partial charge in [-0.3, -0.25) is 0 Å². The predicted molar refractivity (Wildman–Crippen MR) is 64.7 cm³/mol. The highest BCUT2D eigenvalue weighted by atomic mass is 35.5. The summed E-state index contributed by atoms with van der Waals surface area (Å²) in [6.45, 7) is 5.39. The number of nitrogens with zero attached hydrogens (tertiary/aromatic N) is 2. The van der Waals surface area contributed by atoms with Crippen LogP contribution in [0.2, 0.25) is 5.15 Å². The highest BCUT2D eigenvalue weighted by Gasteiger charge is 2.25. The number of halogens is 2. The second-order valence-corrected chi connectivity index (χ2v) is 6.42. The fourth-order valence-corrected chi connectivity index (χ4v) is 1.47. The minimum absolute atomic E-state index is 0.135. The molecule has 3 nitrogen and oxygen atoms in total. The summed E-state index contributed by atoms with van der Waals surface area (Å²) in [7, 11) is 0. The molecule has 1 aromatic rings. The number of aromatic nitrogens is 1. The summed E-state index contributed by atoms with van der Waals surface area (Å²) < 4.78 is 27.8. The molecular weight excluding hydrogens is 251 g/mol. The van der Waals surface area contributed by atoms with E-state index in [2.05, 4.69) is 9.38 Å². The van der Waals surface area contributed by atoms with Crippen LogP contribution in [0.4, 0.5) is 4.39 Å². The molecular formula is C10H12ClFN2OS. The van der Waals surface area contributed by atoms with E-state index in [9.17, 15) is 8.94 Å². The quantitative estimate of drug-likeness (QED) is 0.467. The lowest BCUT2D eigenvalue weighted by Crippen LogP contribution is -2.25. The van der Waals surface area contributed by atoms with Crippen LogP contribution in [0.5, 0.6) is 0 Å². The SMILES string of the molecule is CC(C)(C)[S+]([O-])/N=C\c1cc(F)cnc1Cl. The van der Waals surface area contributed by atoms with Crippen LogP contribution in [-0.2, 0) is 11.4 Å². The third-order valence-corrected chi connectivity index (χ3v) is 3.30. The van der Waals surface area contributed by atoms with Crippen molar-refractivity contribution in [2.24, 2.45) is 4.40 Å². The fraction of sp³-hybridized carbons (Fsp3) is 0.400. The lowest BCUT2D eigenvalue weighted by molar-refractivity contribution is 0.562. The highest BCUT2D eigenvalue weighted by Crippen LogP contribution is 2.18. The third kappa shape index (κ3) is 3.73. The summed E-state index contributed by atoms with van der Waals surface area (Å²) >= 11 is 4.33. The molecule has 0 aromatic carbocycles. The Balaban J connectivity index is 2.88. The van der Waals surface area contributed by atoms with E-state index in [1.165, 1.54) is 12.3 Å². The first-order valence-corrected chi connectivity index (χ1v) is 6.06. The molecule has 88 valence electrons. The summed E-state index contributed by atoms with van der Waals surface area (Å²) in [5.41, 5.74) is 0.319. The molecule has 0 aliphatic heterocycles. The monoisotopic (exact) mass is 262 g/mol. The van der Waals surface area contributed by atoms with Gasteiger partial charge in [-0.1, -0.05) is 16.0 Å². The Hall–Kier alpha value is -0.650. The molecule has 0 spiro atoms. The van der Waals surface area contributed by atoms with Crippen LogP contribution in [0, 0.1) is 5.82 Å². The Morgan fingerprint density at radius 1 is 1.56 bits per heavy atom. The van der Waals surface area contributed by atoms with Gasteiger partial charge in [0.2, 0.25) is 0 Å². The van der Waals surface area contributed by atoms with E-state index in [1.54, 1.807) is 20.8 Å². The zero-order valence-corrected chi connectivity index (χ0v) is 10.8. The summed E-state index contributed by atoms with van der Waals surface area (Å²) in [4.78, 5) is 3.62. The predicted octanol–water partition coefficient (Wildman–Crippen LogP) is 2.76. The van der Waals surface area contributed by atoms with Crippen LogP contribution in [0.25, 0.3) is 0 Å². The molecule has 1 heterocycles. The molecule has 0 bridgehead atoms. The third-order valence-electron chi connectivity index (χ3n) is 1.64. The molecule has 0 saturated heterocycles. The lowest BCUT2D eigenvalue weighted by atomic mass is 10.3. The minimum Gasteiger partial charge on any atom is -0.591 e. The first-order valence-electron chi connectivity index (χ1n) is 4.58. The molecule has 1 atom stereocenters. The lowest BCUT2D eigenvalue weighted by Gasteiger charge is -2.17. The Kier molecular flexibility index (Phi) is 4.29. The highest BCUT2D eigenvalue weighted by molar-refractivity contribution is 7.91. The molecule has 1 rings (SSSR count). The Morgan fingerprint density at radius 2 is 2.19 bits per heavy atom. The smallest absolute Gasteiger partial charge is 0.144 e. The normalized spacial score (nSPS) is 14.4. The minimum atomic E-state index is -1.39. The molecule has 0 saturated carbocycles. The van der Waals surface area contributed by atoms with Crippen molar-refractivity contribution in [1.29, 1.82) is 0 Å². The molecule has 0 aliphatic carbocycles. The molecule has 0 radical (unpaired) electrons. The van der Waals surface area contributed by atoms with Gasteiger partial charge in [0.25, 0.3) is 0 Å². The Morgan fingerprint density at radius 3 is 2.75 bits per heavy atom. The van der Waals surface area contributed by atoms with Crippen LogP contribution >= 0.6 is 11.6 Å². The van der Waals surface area contributed by atoms with E-state index in [4.69, 9.17) is 11.6 Å². The van der Waals surface area contributed by atoms with E-state index < -0.39 is 21.9 Å². The fourth-order valence-electron chi connectivity index (χ4n) is 0.792. The van der Waals surface area contributed by atoms with Crippen LogP contribution in [0.15, 0.2) is 16.7 Å². The average molecular weight is 263 g/mol. The van der Waals surface area contributed by atoms with E-state index in [1.807, 2.05) is 0 Å². The van der Waals surface area contributed by atoms with Crippen LogP contribution in [-0.4, -0.2) is 20.5 Å². The van der Waals surface area contributed by atoms with Crippen molar-refractivity contribution in [1.82, 2.24) is 4.98 Å². The summed E-state index contributed by atoms with van der Waals surface area (Å²) in [5.74, 6) is -0.507. The van der Waals surface area contributed by atoms with Crippen LogP contribution in [0.1, 0.15) is 26.3 Å². The van der Waals surface area contributed by atoms with Crippen LogP contribution in [0.3, 0.4) is 0 Å². The van der Waals surface area contributed by atoms with Gasteiger partial charge in [-0.05, 0) is 26.8 Å². The number of rotatable bonds is 2. The Bertz CT molecular complexity index is 406. The van der Waals surface area contributed by atoms with Crippen molar-refractivity contribution in [3.8, 4) is 0 Å². The van der Waals surface area contributed by atoms with E-state index in [0.717, 1.165) is 6.20 Å². The van der Waals surface area contributed by atoms with Gasteiger partial charge < -0.3 is 4.55 Å². The maximum Gasteiger partial charge on any atom is 0.144 e. The topological polar surface area (TPSA) is 48.3 Å². The number of hydrogen-bond donors (Lipinski definition) is 0. The number of hydrogen-bond acceptors (Lipinski definition) is 3. The average Bonchev–Trinajstić information content (AvgIpc) is 2.17. The van der Waals surface area contributed by atoms with Crippen molar-refractivity contribution in [3.05, 3.63) is 28.8 Å². The van der Waals surface area contributed by atoms with Crippen LogP contribution < -0.4 is 0 Å². The molecule has 1 unspecified atom stereocenters. The maximum atomic E-state index is 12.8. The largest absolute Gasteiger partial charge is 0.591 e. The molecule has 6 heteroatoms. The molecule has 16 heavy (non-hydrogen) atoms. The van der Waals surface area contributed by atoms with Gasteiger partial charge in [0.1, 0.15) is 27.1 Å². The van der Waals surface area contributed by atoms with E-state index >= 15 is 0 Å². The van der Waals surface area contributed by atoms with Gasteiger partial charge in [-0.15, -0.1) is 0 Å². The molecule has 1 aromatic heterocycles. The molecule has 0 amide bonds. The maximum absolute atomic E-state index is 12.8. The second-order valence-electron chi connectivity index (χ2n) is 4.13. The molecule has 0 aliphatic rings.